The lowest BCUT2D eigenvalue weighted by Crippen LogP contribution is -2.20. The van der Waals surface area contributed by atoms with Gasteiger partial charge in [-0.25, -0.2) is 4.98 Å². The van der Waals surface area contributed by atoms with Crippen LogP contribution in [-0.2, 0) is 0 Å². The van der Waals surface area contributed by atoms with Crippen molar-refractivity contribution in [1.29, 1.82) is 0 Å². The first kappa shape index (κ1) is 15.6. The van der Waals surface area contributed by atoms with E-state index < -0.39 is 0 Å². The van der Waals surface area contributed by atoms with E-state index in [1.54, 1.807) is 11.3 Å². The van der Waals surface area contributed by atoms with Gasteiger partial charge in [0.1, 0.15) is 0 Å². The molecule has 3 heteroatoms. The fourth-order valence-electron chi connectivity index (χ4n) is 2.27. The molecule has 1 unspecified atom stereocenters. The van der Waals surface area contributed by atoms with E-state index in [0.717, 1.165) is 6.54 Å². The topological polar surface area (TPSA) is 24.9 Å². The van der Waals surface area contributed by atoms with Crippen LogP contribution in [0.25, 0.3) is 0 Å². The van der Waals surface area contributed by atoms with Crippen LogP contribution in [0.3, 0.4) is 0 Å². The van der Waals surface area contributed by atoms with Gasteiger partial charge >= 0.3 is 0 Å². The number of hydrogen-bond acceptors (Lipinski definition) is 3. The molecular weight excluding hydrogens is 240 g/mol. The molecule has 1 heterocycles. The Hall–Kier alpha value is -0.410. The summed E-state index contributed by atoms with van der Waals surface area (Å²) in [5, 5.41) is 4.76. The highest BCUT2D eigenvalue weighted by Crippen LogP contribution is 2.22. The van der Waals surface area contributed by atoms with Crippen molar-refractivity contribution >= 4 is 11.3 Å². The van der Waals surface area contributed by atoms with E-state index in [4.69, 9.17) is 0 Å². The van der Waals surface area contributed by atoms with Gasteiger partial charge in [0.15, 0.2) is 0 Å². The standard InChI is InChI=1S/C15H28N2S/c1-5-6-7-8-9-10-11-16-12(2)15-13(3)18-14(4)17-15/h12,16H,5-11H2,1-4H3. The van der Waals surface area contributed by atoms with Crippen LogP contribution < -0.4 is 5.32 Å². The number of rotatable bonds is 9. The molecule has 104 valence electrons. The molecular formula is C15H28N2S. The average Bonchev–Trinajstić information content (AvgIpc) is 2.67. The third kappa shape index (κ3) is 5.49. The van der Waals surface area contributed by atoms with Crippen molar-refractivity contribution in [2.75, 3.05) is 6.54 Å². The SMILES string of the molecule is CCCCCCCCNC(C)c1nc(C)sc1C. The van der Waals surface area contributed by atoms with E-state index in [1.165, 1.54) is 54.1 Å². The zero-order valence-electron chi connectivity index (χ0n) is 12.4. The minimum absolute atomic E-state index is 0.394. The van der Waals surface area contributed by atoms with Gasteiger partial charge in [0.2, 0.25) is 0 Å². The van der Waals surface area contributed by atoms with Gasteiger partial charge in [0.25, 0.3) is 0 Å². The van der Waals surface area contributed by atoms with Gasteiger partial charge in [-0.1, -0.05) is 39.0 Å². The fraction of sp³-hybridized carbons (Fsp3) is 0.800. The van der Waals surface area contributed by atoms with Gasteiger partial charge in [0, 0.05) is 10.9 Å². The Labute approximate surface area is 116 Å². The summed E-state index contributed by atoms with van der Waals surface area (Å²) in [4.78, 5) is 5.96. The van der Waals surface area contributed by atoms with Gasteiger partial charge in [-0.2, -0.15) is 0 Å². The van der Waals surface area contributed by atoms with E-state index in [-0.39, 0.29) is 0 Å². The lowest BCUT2D eigenvalue weighted by atomic mass is 10.1. The van der Waals surface area contributed by atoms with E-state index in [0.29, 0.717) is 6.04 Å². The predicted octanol–water partition coefficient (Wildman–Crippen LogP) is 4.77. The Morgan fingerprint density at radius 3 is 2.39 bits per heavy atom. The van der Waals surface area contributed by atoms with E-state index in [2.05, 4.69) is 38.0 Å². The average molecular weight is 268 g/mol. The molecule has 1 rings (SSSR count). The number of hydrogen-bond donors (Lipinski definition) is 1. The molecule has 0 fully saturated rings. The highest BCUT2D eigenvalue weighted by molar-refractivity contribution is 7.11. The molecule has 2 nitrogen and oxygen atoms in total. The number of nitrogens with one attached hydrogen (secondary N) is 1. The second kappa shape index (κ2) is 8.65. The summed E-state index contributed by atoms with van der Waals surface area (Å²) in [5.74, 6) is 0. The van der Waals surface area contributed by atoms with Gasteiger partial charge in [-0.3, -0.25) is 0 Å². The zero-order chi connectivity index (χ0) is 13.4. The van der Waals surface area contributed by atoms with Gasteiger partial charge in [0.05, 0.1) is 10.7 Å². The van der Waals surface area contributed by atoms with E-state index in [1.807, 2.05) is 0 Å². The molecule has 0 aliphatic heterocycles. The first-order valence-electron chi connectivity index (χ1n) is 7.32. The molecule has 0 amide bonds. The summed E-state index contributed by atoms with van der Waals surface area (Å²) in [5.41, 5.74) is 1.24. The Bertz CT molecular complexity index is 333. The molecule has 1 N–H and O–H groups in total. The van der Waals surface area contributed by atoms with Crippen molar-refractivity contribution in [2.24, 2.45) is 0 Å². The number of thiazole rings is 1. The van der Waals surface area contributed by atoms with Crippen LogP contribution in [0.15, 0.2) is 0 Å². The van der Waals surface area contributed by atoms with Crippen molar-refractivity contribution in [3.63, 3.8) is 0 Å². The molecule has 0 saturated heterocycles. The van der Waals surface area contributed by atoms with Crippen molar-refractivity contribution < 1.29 is 0 Å². The third-order valence-electron chi connectivity index (χ3n) is 3.33. The molecule has 0 saturated carbocycles. The second-order valence-electron chi connectivity index (χ2n) is 5.12. The van der Waals surface area contributed by atoms with Crippen molar-refractivity contribution in [1.82, 2.24) is 10.3 Å². The van der Waals surface area contributed by atoms with E-state index in [9.17, 15) is 0 Å². The smallest absolute Gasteiger partial charge is 0.0900 e. The number of unbranched alkanes of at least 4 members (excludes halogenated alkanes) is 5. The molecule has 0 aromatic carbocycles. The minimum atomic E-state index is 0.394. The largest absolute Gasteiger partial charge is 0.309 e. The Morgan fingerprint density at radius 2 is 1.78 bits per heavy atom. The summed E-state index contributed by atoms with van der Waals surface area (Å²) >= 11 is 1.80. The Balaban J connectivity index is 2.14. The second-order valence-corrected chi connectivity index (χ2v) is 6.53. The Morgan fingerprint density at radius 1 is 1.11 bits per heavy atom. The highest BCUT2D eigenvalue weighted by atomic mass is 32.1. The van der Waals surface area contributed by atoms with Gasteiger partial charge < -0.3 is 5.32 Å². The van der Waals surface area contributed by atoms with Crippen molar-refractivity contribution in [3.05, 3.63) is 15.6 Å². The molecule has 0 aliphatic carbocycles. The van der Waals surface area contributed by atoms with Crippen molar-refractivity contribution in [2.45, 2.75) is 72.3 Å². The lowest BCUT2D eigenvalue weighted by Gasteiger charge is -2.12. The molecule has 1 aromatic rings. The maximum Gasteiger partial charge on any atom is 0.0900 e. The fourth-order valence-corrected chi connectivity index (χ4v) is 3.18. The van der Waals surface area contributed by atoms with Crippen LogP contribution >= 0.6 is 11.3 Å². The van der Waals surface area contributed by atoms with Crippen LogP contribution in [0.4, 0.5) is 0 Å². The van der Waals surface area contributed by atoms with Crippen LogP contribution in [0, 0.1) is 13.8 Å². The lowest BCUT2D eigenvalue weighted by molar-refractivity contribution is 0.520. The minimum Gasteiger partial charge on any atom is -0.309 e. The normalized spacial score (nSPS) is 12.9. The predicted molar refractivity (Wildman–Crippen MR) is 81.4 cm³/mol. The maximum atomic E-state index is 4.61. The van der Waals surface area contributed by atoms with Crippen LogP contribution in [0.2, 0.25) is 0 Å². The number of aromatic nitrogens is 1. The van der Waals surface area contributed by atoms with E-state index >= 15 is 0 Å². The monoisotopic (exact) mass is 268 g/mol. The van der Waals surface area contributed by atoms with Crippen LogP contribution in [0.1, 0.15) is 74.0 Å². The molecule has 1 atom stereocenters. The molecule has 1 aromatic heterocycles. The summed E-state index contributed by atoms with van der Waals surface area (Å²) < 4.78 is 0. The highest BCUT2D eigenvalue weighted by Gasteiger charge is 2.11. The number of aryl methyl sites for hydroxylation is 2. The number of nitrogens with zero attached hydrogens (tertiary/aromatic N) is 1. The van der Waals surface area contributed by atoms with Crippen LogP contribution in [0.5, 0.6) is 0 Å². The maximum absolute atomic E-state index is 4.61. The summed E-state index contributed by atoms with van der Waals surface area (Å²) in [6, 6.07) is 0.394. The molecule has 0 bridgehead atoms. The molecule has 0 spiro atoms. The summed E-state index contributed by atoms with van der Waals surface area (Å²) in [6.45, 7) is 9.85. The quantitative estimate of drug-likeness (QED) is 0.652. The molecule has 0 radical (unpaired) electrons. The molecule has 18 heavy (non-hydrogen) atoms. The summed E-state index contributed by atoms with van der Waals surface area (Å²) in [7, 11) is 0. The van der Waals surface area contributed by atoms with Gasteiger partial charge in [-0.05, 0) is 33.7 Å². The Kier molecular flexibility index (Phi) is 7.52. The first-order chi connectivity index (χ1) is 8.65. The summed E-state index contributed by atoms with van der Waals surface area (Å²) in [6.07, 6.45) is 8.15. The van der Waals surface area contributed by atoms with Crippen LogP contribution in [-0.4, -0.2) is 11.5 Å². The first-order valence-corrected chi connectivity index (χ1v) is 8.14. The zero-order valence-corrected chi connectivity index (χ0v) is 13.2. The van der Waals surface area contributed by atoms with Crippen molar-refractivity contribution in [3.8, 4) is 0 Å². The van der Waals surface area contributed by atoms with Gasteiger partial charge in [-0.15, -0.1) is 11.3 Å². The third-order valence-corrected chi connectivity index (χ3v) is 4.23. The molecule has 0 aliphatic rings.